The molecule has 3 heterocycles. The van der Waals surface area contributed by atoms with Gasteiger partial charge in [0.25, 0.3) is 0 Å². The lowest BCUT2D eigenvalue weighted by Gasteiger charge is -2.36. The van der Waals surface area contributed by atoms with E-state index in [2.05, 4.69) is 20.8 Å². The molecule has 162 valence electrons. The first-order valence-corrected chi connectivity index (χ1v) is 10.8. The number of piperidine rings is 1. The lowest BCUT2D eigenvalue weighted by atomic mass is 10.1. The fourth-order valence-corrected chi connectivity index (χ4v) is 4.41. The highest BCUT2D eigenvalue weighted by atomic mass is 16.5. The first kappa shape index (κ1) is 20.8. The number of rotatable bonds is 6. The average Bonchev–Trinajstić information content (AvgIpc) is 2.80. The molecule has 2 saturated heterocycles. The molecule has 2 aliphatic heterocycles. The molecule has 0 saturated carbocycles. The Morgan fingerprint density at radius 2 is 1.67 bits per heavy atom. The quantitative estimate of drug-likeness (QED) is 0.781. The van der Waals surface area contributed by atoms with Gasteiger partial charge in [0.2, 0.25) is 0 Å². The van der Waals surface area contributed by atoms with Gasteiger partial charge in [0.15, 0.2) is 0 Å². The van der Waals surface area contributed by atoms with Crippen molar-refractivity contribution in [3.63, 3.8) is 0 Å². The summed E-state index contributed by atoms with van der Waals surface area (Å²) >= 11 is 0. The SMILES string of the molecule is COc1ccccc1N1CCN(Cc2coc(=O)c(CN3CCCCC3)c2O)CC1. The van der Waals surface area contributed by atoms with E-state index in [1.807, 2.05) is 18.2 Å². The number of aromatic hydroxyl groups is 1. The molecule has 0 aliphatic carbocycles. The molecular weight excluding hydrogens is 382 g/mol. The Hall–Kier alpha value is -2.51. The summed E-state index contributed by atoms with van der Waals surface area (Å²) in [6.45, 7) is 6.43. The van der Waals surface area contributed by atoms with Crippen molar-refractivity contribution in [1.29, 1.82) is 0 Å². The third kappa shape index (κ3) is 4.63. The number of anilines is 1. The number of ether oxygens (including phenoxy) is 1. The van der Waals surface area contributed by atoms with E-state index in [0.29, 0.717) is 24.2 Å². The molecule has 0 unspecified atom stereocenters. The number of para-hydroxylation sites is 2. The number of hydrogen-bond acceptors (Lipinski definition) is 7. The van der Waals surface area contributed by atoms with Gasteiger partial charge in [-0.3, -0.25) is 9.80 Å². The smallest absolute Gasteiger partial charge is 0.343 e. The molecule has 1 aromatic carbocycles. The van der Waals surface area contributed by atoms with Gasteiger partial charge in [0.05, 0.1) is 18.4 Å². The molecule has 0 bridgehead atoms. The largest absolute Gasteiger partial charge is 0.507 e. The van der Waals surface area contributed by atoms with Crippen molar-refractivity contribution in [1.82, 2.24) is 9.80 Å². The van der Waals surface area contributed by atoms with E-state index >= 15 is 0 Å². The summed E-state index contributed by atoms with van der Waals surface area (Å²) in [6.07, 6.45) is 4.94. The molecule has 1 aromatic heterocycles. The zero-order valence-electron chi connectivity index (χ0n) is 17.7. The summed E-state index contributed by atoms with van der Waals surface area (Å²) in [5.41, 5.74) is 1.76. The molecule has 2 fully saturated rings. The van der Waals surface area contributed by atoms with Crippen molar-refractivity contribution in [2.45, 2.75) is 32.4 Å². The standard InChI is InChI=1S/C23H31N3O4/c1-29-21-8-4-3-7-20(21)26-13-11-25(12-14-26)15-18-17-30-23(28)19(22(18)27)16-24-9-5-2-6-10-24/h3-4,7-8,17,27H,2,5-6,9-16H2,1H3. The Bertz CT molecular complexity index is 900. The van der Waals surface area contributed by atoms with Crippen LogP contribution in [0.15, 0.2) is 39.7 Å². The van der Waals surface area contributed by atoms with Gasteiger partial charge in [-0.2, -0.15) is 0 Å². The molecular formula is C23H31N3O4. The van der Waals surface area contributed by atoms with E-state index in [1.54, 1.807) is 7.11 Å². The lowest BCUT2D eigenvalue weighted by Crippen LogP contribution is -2.46. The zero-order valence-corrected chi connectivity index (χ0v) is 17.7. The van der Waals surface area contributed by atoms with Gasteiger partial charge in [-0.1, -0.05) is 18.6 Å². The highest BCUT2D eigenvalue weighted by Crippen LogP contribution is 2.29. The molecule has 7 nitrogen and oxygen atoms in total. The first-order chi connectivity index (χ1) is 14.7. The van der Waals surface area contributed by atoms with Gasteiger partial charge in [0.1, 0.15) is 17.8 Å². The Labute approximate surface area is 177 Å². The second-order valence-electron chi connectivity index (χ2n) is 8.15. The van der Waals surface area contributed by atoms with Crippen LogP contribution in [0.3, 0.4) is 0 Å². The van der Waals surface area contributed by atoms with Crippen LogP contribution in [0.5, 0.6) is 11.5 Å². The fourth-order valence-electron chi connectivity index (χ4n) is 4.41. The summed E-state index contributed by atoms with van der Waals surface area (Å²) in [6, 6.07) is 8.07. The highest BCUT2D eigenvalue weighted by molar-refractivity contribution is 5.58. The van der Waals surface area contributed by atoms with Crippen LogP contribution >= 0.6 is 0 Å². The third-order valence-electron chi connectivity index (χ3n) is 6.17. The number of methoxy groups -OCH3 is 1. The van der Waals surface area contributed by atoms with Gasteiger partial charge in [-0.05, 0) is 38.1 Å². The van der Waals surface area contributed by atoms with E-state index in [1.165, 1.54) is 12.7 Å². The molecule has 0 amide bonds. The van der Waals surface area contributed by atoms with Gasteiger partial charge in [-0.25, -0.2) is 4.79 Å². The third-order valence-corrected chi connectivity index (χ3v) is 6.17. The van der Waals surface area contributed by atoms with Crippen LogP contribution < -0.4 is 15.3 Å². The van der Waals surface area contributed by atoms with Crippen LogP contribution in [0.1, 0.15) is 30.4 Å². The zero-order chi connectivity index (χ0) is 20.9. The number of benzene rings is 1. The summed E-state index contributed by atoms with van der Waals surface area (Å²) < 4.78 is 10.8. The van der Waals surface area contributed by atoms with Gasteiger partial charge in [-0.15, -0.1) is 0 Å². The topological polar surface area (TPSA) is 69.4 Å². The van der Waals surface area contributed by atoms with E-state index in [9.17, 15) is 9.90 Å². The Kier molecular flexibility index (Phi) is 6.59. The summed E-state index contributed by atoms with van der Waals surface area (Å²) in [4.78, 5) is 19.1. The highest BCUT2D eigenvalue weighted by Gasteiger charge is 2.23. The monoisotopic (exact) mass is 413 g/mol. The molecule has 7 heteroatoms. The second kappa shape index (κ2) is 9.53. The van der Waals surface area contributed by atoms with Crippen LogP contribution in [0.2, 0.25) is 0 Å². The van der Waals surface area contributed by atoms with Gasteiger partial charge in [0, 0.05) is 44.8 Å². The molecule has 0 atom stereocenters. The normalized spacial score (nSPS) is 18.5. The summed E-state index contributed by atoms with van der Waals surface area (Å²) in [7, 11) is 1.70. The minimum atomic E-state index is -0.428. The van der Waals surface area contributed by atoms with Crippen LogP contribution in [-0.4, -0.2) is 61.3 Å². The molecule has 1 N–H and O–H groups in total. The van der Waals surface area contributed by atoms with Crippen molar-refractivity contribution in [2.24, 2.45) is 0 Å². The predicted molar refractivity (Wildman–Crippen MR) is 116 cm³/mol. The Morgan fingerprint density at radius 3 is 2.40 bits per heavy atom. The number of piperazine rings is 1. The number of nitrogens with zero attached hydrogens (tertiary/aromatic N) is 3. The van der Waals surface area contributed by atoms with Gasteiger partial charge < -0.3 is 19.2 Å². The minimum Gasteiger partial charge on any atom is -0.507 e. The van der Waals surface area contributed by atoms with Gasteiger partial charge >= 0.3 is 5.63 Å². The fraction of sp³-hybridized carbons (Fsp3) is 0.522. The van der Waals surface area contributed by atoms with Crippen molar-refractivity contribution in [3.8, 4) is 11.5 Å². The van der Waals surface area contributed by atoms with E-state index in [4.69, 9.17) is 9.15 Å². The van der Waals surface area contributed by atoms with E-state index < -0.39 is 5.63 Å². The molecule has 2 aromatic rings. The lowest BCUT2D eigenvalue weighted by molar-refractivity contribution is 0.212. The van der Waals surface area contributed by atoms with Crippen LogP contribution in [0.25, 0.3) is 0 Å². The van der Waals surface area contributed by atoms with Crippen molar-refractivity contribution < 1.29 is 14.3 Å². The molecule has 0 spiro atoms. The number of hydrogen-bond donors (Lipinski definition) is 1. The molecule has 0 radical (unpaired) electrons. The van der Waals surface area contributed by atoms with Crippen LogP contribution in [-0.2, 0) is 13.1 Å². The Morgan fingerprint density at radius 1 is 0.967 bits per heavy atom. The van der Waals surface area contributed by atoms with Crippen LogP contribution in [0, 0.1) is 0 Å². The Balaban J connectivity index is 1.40. The number of likely N-dealkylation sites (tertiary alicyclic amines) is 1. The van der Waals surface area contributed by atoms with Crippen molar-refractivity contribution in [2.75, 3.05) is 51.3 Å². The molecule has 30 heavy (non-hydrogen) atoms. The first-order valence-electron chi connectivity index (χ1n) is 10.8. The molecule has 4 rings (SSSR count). The maximum atomic E-state index is 12.2. The van der Waals surface area contributed by atoms with Crippen molar-refractivity contribution >= 4 is 5.69 Å². The summed E-state index contributed by atoms with van der Waals surface area (Å²) in [5, 5.41) is 10.8. The summed E-state index contributed by atoms with van der Waals surface area (Å²) in [5.74, 6) is 0.986. The van der Waals surface area contributed by atoms with E-state index in [-0.39, 0.29) is 5.75 Å². The van der Waals surface area contributed by atoms with E-state index in [0.717, 1.165) is 63.5 Å². The average molecular weight is 414 g/mol. The molecule has 2 aliphatic rings. The second-order valence-corrected chi connectivity index (χ2v) is 8.15. The van der Waals surface area contributed by atoms with Crippen molar-refractivity contribution in [3.05, 3.63) is 52.1 Å². The minimum absolute atomic E-state index is 0.101. The predicted octanol–water partition coefficient (Wildman–Crippen LogP) is 2.66. The van der Waals surface area contributed by atoms with Crippen LogP contribution in [0.4, 0.5) is 5.69 Å². The maximum Gasteiger partial charge on any atom is 0.343 e. The maximum absolute atomic E-state index is 12.2.